The SMILES string of the molecule is CC1(C)OB(c2ccc3c(c2)CN(C(=O)O)C3)OC1(C)C. The van der Waals surface area contributed by atoms with E-state index in [1.807, 2.05) is 45.9 Å². The van der Waals surface area contributed by atoms with Crippen LogP contribution in [-0.2, 0) is 22.4 Å². The number of fused-ring (bicyclic) bond motifs is 1. The molecule has 0 atom stereocenters. The number of hydrogen-bond acceptors (Lipinski definition) is 3. The van der Waals surface area contributed by atoms with Crippen LogP contribution in [0.2, 0.25) is 0 Å². The molecule has 0 bridgehead atoms. The van der Waals surface area contributed by atoms with Gasteiger partial charge in [-0.25, -0.2) is 4.79 Å². The fourth-order valence-corrected chi connectivity index (χ4v) is 2.68. The highest BCUT2D eigenvalue weighted by Gasteiger charge is 2.51. The van der Waals surface area contributed by atoms with Crippen LogP contribution in [0.15, 0.2) is 18.2 Å². The van der Waals surface area contributed by atoms with Crippen molar-refractivity contribution in [3.63, 3.8) is 0 Å². The molecule has 1 aromatic carbocycles. The molecule has 0 saturated carbocycles. The number of hydrogen-bond donors (Lipinski definition) is 1. The van der Waals surface area contributed by atoms with Crippen molar-refractivity contribution < 1.29 is 19.2 Å². The van der Waals surface area contributed by atoms with Crippen LogP contribution >= 0.6 is 0 Å². The first-order chi connectivity index (χ1) is 9.69. The maximum Gasteiger partial charge on any atom is 0.494 e. The van der Waals surface area contributed by atoms with Gasteiger partial charge in [-0.2, -0.15) is 0 Å². The zero-order valence-electron chi connectivity index (χ0n) is 12.8. The smallest absolute Gasteiger partial charge is 0.465 e. The van der Waals surface area contributed by atoms with Crippen molar-refractivity contribution in [2.24, 2.45) is 0 Å². The molecule has 2 heterocycles. The standard InChI is InChI=1S/C15H20BNO4/c1-14(2)15(3,4)21-16(20-14)12-6-5-10-8-17(13(18)19)9-11(10)7-12/h5-7H,8-9H2,1-4H3,(H,18,19). The second kappa shape index (κ2) is 4.48. The Labute approximate surface area is 125 Å². The molecule has 0 radical (unpaired) electrons. The Kier molecular flexibility index (Phi) is 3.08. The summed E-state index contributed by atoms with van der Waals surface area (Å²) in [6.07, 6.45) is -0.886. The van der Waals surface area contributed by atoms with Crippen LogP contribution in [0.25, 0.3) is 0 Å². The van der Waals surface area contributed by atoms with Gasteiger partial charge in [0.05, 0.1) is 11.2 Å². The zero-order valence-corrected chi connectivity index (χ0v) is 12.8. The monoisotopic (exact) mass is 289 g/mol. The lowest BCUT2D eigenvalue weighted by molar-refractivity contribution is 0.00578. The fraction of sp³-hybridized carbons (Fsp3) is 0.533. The van der Waals surface area contributed by atoms with Gasteiger partial charge in [0, 0.05) is 13.1 Å². The van der Waals surface area contributed by atoms with E-state index in [4.69, 9.17) is 14.4 Å². The Balaban J connectivity index is 1.84. The second-order valence-corrected chi connectivity index (χ2v) is 6.76. The minimum absolute atomic E-state index is 0.371. The Morgan fingerprint density at radius 2 is 1.71 bits per heavy atom. The fourth-order valence-electron chi connectivity index (χ4n) is 2.68. The normalized spacial score (nSPS) is 22.5. The largest absolute Gasteiger partial charge is 0.494 e. The van der Waals surface area contributed by atoms with E-state index in [9.17, 15) is 4.79 Å². The van der Waals surface area contributed by atoms with Crippen molar-refractivity contribution in [1.82, 2.24) is 4.90 Å². The van der Waals surface area contributed by atoms with E-state index in [-0.39, 0.29) is 11.2 Å². The minimum Gasteiger partial charge on any atom is -0.465 e. The number of carbonyl (C=O) groups is 1. The summed E-state index contributed by atoms with van der Waals surface area (Å²) in [6, 6.07) is 5.94. The van der Waals surface area contributed by atoms with E-state index >= 15 is 0 Å². The first-order valence-electron chi connectivity index (χ1n) is 7.15. The van der Waals surface area contributed by atoms with Crippen molar-refractivity contribution in [2.75, 3.05) is 0 Å². The number of amides is 1. The predicted octanol–water partition coefficient (Wildman–Crippen LogP) is 1.98. The predicted molar refractivity (Wildman–Crippen MR) is 79.4 cm³/mol. The van der Waals surface area contributed by atoms with Crippen LogP contribution in [-0.4, -0.2) is 34.4 Å². The molecule has 0 aromatic heterocycles. The molecular weight excluding hydrogens is 269 g/mol. The molecule has 1 aromatic rings. The second-order valence-electron chi connectivity index (χ2n) is 6.76. The van der Waals surface area contributed by atoms with Gasteiger partial charge >= 0.3 is 13.2 Å². The first-order valence-corrected chi connectivity index (χ1v) is 7.15. The summed E-state index contributed by atoms with van der Waals surface area (Å²) in [5.74, 6) is 0. The summed E-state index contributed by atoms with van der Waals surface area (Å²) >= 11 is 0. The lowest BCUT2D eigenvalue weighted by Crippen LogP contribution is -2.41. The molecule has 3 rings (SSSR count). The molecule has 2 aliphatic rings. The molecule has 6 heteroatoms. The Morgan fingerprint density at radius 1 is 1.14 bits per heavy atom. The van der Waals surface area contributed by atoms with E-state index in [1.165, 1.54) is 4.90 Å². The topological polar surface area (TPSA) is 59.0 Å². The molecule has 0 aliphatic carbocycles. The van der Waals surface area contributed by atoms with Crippen molar-refractivity contribution in [3.05, 3.63) is 29.3 Å². The number of rotatable bonds is 1. The third-order valence-corrected chi connectivity index (χ3v) is 4.75. The van der Waals surface area contributed by atoms with Gasteiger partial charge in [-0.3, -0.25) is 4.90 Å². The highest BCUT2D eigenvalue weighted by atomic mass is 16.7. The van der Waals surface area contributed by atoms with Crippen LogP contribution in [0.1, 0.15) is 38.8 Å². The van der Waals surface area contributed by atoms with Crippen molar-refractivity contribution in [1.29, 1.82) is 0 Å². The van der Waals surface area contributed by atoms with Gasteiger partial charge in [-0.05, 0) is 44.3 Å². The van der Waals surface area contributed by atoms with Crippen LogP contribution in [0.5, 0.6) is 0 Å². The van der Waals surface area contributed by atoms with E-state index in [2.05, 4.69) is 0 Å². The van der Waals surface area contributed by atoms with Gasteiger partial charge in [0.2, 0.25) is 0 Å². The minimum atomic E-state index is -0.886. The molecule has 1 N–H and O–H groups in total. The number of nitrogens with zero attached hydrogens (tertiary/aromatic N) is 1. The summed E-state index contributed by atoms with van der Waals surface area (Å²) < 4.78 is 12.1. The van der Waals surface area contributed by atoms with Gasteiger partial charge in [0.15, 0.2) is 0 Å². The average Bonchev–Trinajstić information content (AvgIpc) is 2.88. The molecule has 112 valence electrons. The van der Waals surface area contributed by atoms with Crippen LogP contribution in [0.3, 0.4) is 0 Å². The van der Waals surface area contributed by atoms with Gasteiger partial charge in [0.1, 0.15) is 0 Å². The third-order valence-electron chi connectivity index (χ3n) is 4.75. The molecular formula is C15H20BNO4. The summed E-state index contributed by atoms with van der Waals surface area (Å²) in [5, 5.41) is 9.08. The Morgan fingerprint density at radius 3 is 2.29 bits per heavy atom. The lowest BCUT2D eigenvalue weighted by Gasteiger charge is -2.32. The van der Waals surface area contributed by atoms with Gasteiger partial charge < -0.3 is 14.4 Å². The molecule has 21 heavy (non-hydrogen) atoms. The lowest BCUT2D eigenvalue weighted by atomic mass is 9.78. The van der Waals surface area contributed by atoms with Gasteiger partial charge in [-0.1, -0.05) is 18.2 Å². The molecule has 1 saturated heterocycles. The highest BCUT2D eigenvalue weighted by Crippen LogP contribution is 2.36. The van der Waals surface area contributed by atoms with Gasteiger partial charge in [0.25, 0.3) is 0 Å². The quantitative estimate of drug-likeness (QED) is 0.803. The van der Waals surface area contributed by atoms with Crippen molar-refractivity contribution in [3.8, 4) is 0 Å². The third kappa shape index (κ3) is 2.32. The zero-order chi connectivity index (χ0) is 15.4. The molecule has 1 amide bonds. The summed E-state index contributed by atoms with van der Waals surface area (Å²) in [4.78, 5) is 12.5. The molecule has 0 spiro atoms. The summed E-state index contributed by atoms with van der Waals surface area (Å²) in [5.41, 5.74) is 2.29. The molecule has 2 aliphatic heterocycles. The summed E-state index contributed by atoms with van der Waals surface area (Å²) in [7, 11) is -0.404. The Bertz CT molecular complexity index is 583. The average molecular weight is 289 g/mol. The van der Waals surface area contributed by atoms with E-state index < -0.39 is 13.2 Å². The van der Waals surface area contributed by atoms with Crippen LogP contribution in [0.4, 0.5) is 4.79 Å². The maximum absolute atomic E-state index is 11.1. The van der Waals surface area contributed by atoms with E-state index in [1.54, 1.807) is 0 Å². The highest BCUT2D eigenvalue weighted by molar-refractivity contribution is 6.62. The first kappa shape index (κ1) is 14.4. The van der Waals surface area contributed by atoms with E-state index in [0.717, 1.165) is 16.6 Å². The van der Waals surface area contributed by atoms with Gasteiger partial charge in [-0.15, -0.1) is 0 Å². The number of benzene rings is 1. The van der Waals surface area contributed by atoms with E-state index in [0.29, 0.717) is 13.1 Å². The maximum atomic E-state index is 11.1. The van der Waals surface area contributed by atoms with Crippen LogP contribution in [0, 0.1) is 0 Å². The molecule has 0 unspecified atom stereocenters. The summed E-state index contributed by atoms with van der Waals surface area (Å²) in [6.45, 7) is 8.96. The van der Waals surface area contributed by atoms with Crippen LogP contribution < -0.4 is 5.46 Å². The Hall–Kier alpha value is -1.53. The number of carboxylic acid groups (broad SMARTS) is 1. The van der Waals surface area contributed by atoms with Crippen molar-refractivity contribution in [2.45, 2.75) is 52.0 Å². The molecule has 1 fully saturated rings. The van der Waals surface area contributed by atoms with Crippen molar-refractivity contribution >= 4 is 18.7 Å². The molecule has 5 nitrogen and oxygen atoms in total.